The molecule has 6 nitrogen and oxygen atoms in total. The van der Waals surface area contributed by atoms with Crippen LogP contribution in [0.2, 0.25) is 0 Å². The predicted octanol–water partition coefficient (Wildman–Crippen LogP) is 6.03. The van der Waals surface area contributed by atoms with Crippen molar-refractivity contribution in [3.63, 3.8) is 0 Å². The average molecular weight is 475 g/mol. The van der Waals surface area contributed by atoms with E-state index in [0.29, 0.717) is 30.8 Å². The summed E-state index contributed by atoms with van der Waals surface area (Å²) in [6, 6.07) is -0.0961. The molecule has 2 rings (SSSR count). The molecule has 0 heterocycles. The molecule has 2 saturated carbocycles. The van der Waals surface area contributed by atoms with E-state index in [1.165, 1.54) is 7.11 Å². The second-order valence-electron chi connectivity index (χ2n) is 11.6. The van der Waals surface area contributed by atoms with Gasteiger partial charge in [0.2, 0.25) is 0 Å². The molecule has 192 valence electrons. The lowest BCUT2D eigenvalue weighted by Crippen LogP contribution is -2.49. The van der Waals surface area contributed by atoms with E-state index in [-0.39, 0.29) is 35.3 Å². The van der Waals surface area contributed by atoms with Gasteiger partial charge < -0.3 is 14.7 Å². The molecule has 2 aliphatic rings. The van der Waals surface area contributed by atoms with Crippen molar-refractivity contribution in [2.75, 3.05) is 7.11 Å². The van der Waals surface area contributed by atoms with E-state index in [2.05, 4.69) is 56.5 Å². The summed E-state index contributed by atoms with van der Waals surface area (Å²) in [4.78, 5) is 25.9. The van der Waals surface area contributed by atoms with Crippen LogP contribution in [0.1, 0.15) is 99.3 Å². The largest absolute Gasteiger partial charge is 0.466 e. The molecule has 0 aliphatic heterocycles. The summed E-state index contributed by atoms with van der Waals surface area (Å²) in [5.41, 5.74) is 1.26. The highest BCUT2D eigenvalue weighted by atomic mass is 16.5. The van der Waals surface area contributed by atoms with Gasteiger partial charge in [0, 0.05) is 35.4 Å². The van der Waals surface area contributed by atoms with Crippen LogP contribution in [0.15, 0.2) is 16.4 Å². The molecule has 1 unspecified atom stereocenters. The Kier molecular flexibility index (Phi) is 10.6. The summed E-state index contributed by atoms with van der Waals surface area (Å²) in [5, 5.41) is 15.0. The number of methoxy groups -OCH3 is 1. The lowest BCUT2D eigenvalue weighted by molar-refractivity contribution is -0.136. The van der Waals surface area contributed by atoms with Crippen LogP contribution in [0.5, 0.6) is 0 Å². The van der Waals surface area contributed by atoms with Crippen molar-refractivity contribution in [3.05, 3.63) is 16.2 Å². The Hall–Kier alpha value is -1.87. The number of carbonyl (C=O) groups is 1. The summed E-state index contributed by atoms with van der Waals surface area (Å²) < 4.78 is 5.10. The van der Waals surface area contributed by atoms with E-state index in [1.807, 2.05) is 0 Å². The Morgan fingerprint density at radius 1 is 1.12 bits per heavy atom. The minimum atomic E-state index is -0.671. The zero-order valence-corrected chi connectivity index (χ0v) is 22.4. The standard InChI is InChI=1S/C28H46N2O4/c1-19-8-10-22(11-9-19)26(31)30(24-14-12-23(29-33)13-15-24)25(21(3)27(32)34-7)18-20(2)16-17-28(4,5)6/h19-20,22-24,26,31H,8-15,18H2,1-7H3/b25-21-/t19?,20?,22?,23?,24?,26-/m1/s1. The van der Waals surface area contributed by atoms with Crippen molar-refractivity contribution < 1.29 is 14.6 Å². The fourth-order valence-corrected chi connectivity index (χ4v) is 5.25. The van der Waals surface area contributed by atoms with Crippen molar-refractivity contribution in [1.82, 2.24) is 4.90 Å². The normalized spacial score (nSPS) is 28.0. The fraction of sp³-hybridized carbons (Fsp3) is 0.821. The number of allylic oxidation sites excluding steroid dienone is 1. The minimum absolute atomic E-state index is 0.0166. The highest BCUT2D eigenvalue weighted by Gasteiger charge is 2.37. The SMILES string of the molecule is COC(=O)/C(C)=C(/CC(C)C#CC(C)(C)C)N(C1CCC(N=O)CC1)[C@H](O)C1CCC(C)CC1. The Balaban J connectivity index is 2.45. The molecule has 0 aromatic heterocycles. The highest BCUT2D eigenvalue weighted by Crippen LogP contribution is 2.38. The lowest BCUT2D eigenvalue weighted by atomic mass is 9.80. The first-order valence-corrected chi connectivity index (χ1v) is 13.1. The molecule has 2 fully saturated rings. The van der Waals surface area contributed by atoms with Gasteiger partial charge in [0.15, 0.2) is 0 Å². The molecular formula is C28H46N2O4. The van der Waals surface area contributed by atoms with E-state index in [1.54, 1.807) is 6.92 Å². The molecule has 2 atom stereocenters. The topological polar surface area (TPSA) is 79.2 Å². The van der Waals surface area contributed by atoms with Gasteiger partial charge in [0.25, 0.3) is 0 Å². The van der Waals surface area contributed by atoms with Crippen LogP contribution >= 0.6 is 0 Å². The highest BCUT2D eigenvalue weighted by molar-refractivity contribution is 5.88. The number of hydrogen-bond acceptors (Lipinski definition) is 6. The number of carbonyl (C=O) groups excluding carboxylic acids is 1. The van der Waals surface area contributed by atoms with Gasteiger partial charge in [-0.1, -0.05) is 43.7 Å². The number of ether oxygens (including phenoxy) is 1. The van der Waals surface area contributed by atoms with Gasteiger partial charge in [-0.05, 0) is 72.1 Å². The third-order valence-corrected chi connectivity index (χ3v) is 7.41. The number of aliphatic hydroxyl groups is 1. The van der Waals surface area contributed by atoms with Crippen LogP contribution in [0.25, 0.3) is 0 Å². The molecule has 0 saturated heterocycles. The number of aliphatic hydroxyl groups excluding tert-OH is 1. The van der Waals surface area contributed by atoms with E-state index in [0.717, 1.165) is 44.2 Å². The third kappa shape index (κ3) is 8.12. The van der Waals surface area contributed by atoms with E-state index >= 15 is 0 Å². The van der Waals surface area contributed by atoms with Crippen LogP contribution in [-0.4, -0.2) is 41.4 Å². The van der Waals surface area contributed by atoms with Gasteiger partial charge in [0.05, 0.1) is 18.7 Å². The fourth-order valence-electron chi connectivity index (χ4n) is 5.25. The third-order valence-electron chi connectivity index (χ3n) is 7.41. The lowest BCUT2D eigenvalue weighted by Gasteiger charge is -2.46. The molecule has 2 aliphatic carbocycles. The van der Waals surface area contributed by atoms with Gasteiger partial charge in [-0.15, -0.1) is 0 Å². The van der Waals surface area contributed by atoms with Crippen LogP contribution in [0, 0.1) is 39.9 Å². The van der Waals surface area contributed by atoms with Crippen molar-refractivity contribution in [3.8, 4) is 11.8 Å². The van der Waals surface area contributed by atoms with E-state index < -0.39 is 6.23 Å². The maximum absolute atomic E-state index is 12.7. The average Bonchev–Trinajstić information content (AvgIpc) is 2.81. The zero-order valence-electron chi connectivity index (χ0n) is 22.4. The summed E-state index contributed by atoms with van der Waals surface area (Å²) in [5.74, 6) is 7.18. The first-order chi connectivity index (χ1) is 16.0. The Morgan fingerprint density at radius 3 is 2.21 bits per heavy atom. The van der Waals surface area contributed by atoms with E-state index in [9.17, 15) is 14.8 Å². The molecule has 1 N–H and O–H groups in total. The molecule has 34 heavy (non-hydrogen) atoms. The van der Waals surface area contributed by atoms with Crippen molar-refractivity contribution in [2.24, 2.45) is 28.3 Å². The van der Waals surface area contributed by atoms with Gasteiger partial charge in [-0.2, -0.15) is 4.91 Å². The second-order valence-corrected chi connectivity index (χ2v) is 11.6. The number of esters is 1. The second kappa shape index (κ2) is 12.7. The van der Waals surface area contributed by atoms with Crippen molar-refractivity contribution in [2.45, 2.75) is 118 Å². The summed E-state index contributed by atoms with van der Waals surface area (Å²) in [6.07, 6.45) is 7.05. The molecule has 0 bridgehead atoms. The van der Waals surface area contributed by atoms with Crippen LogP contribution < -0.4 is 0 Å². The van der Waals surface area contributed by atoms with Gasteiger partial charge >= 0.3 is 5.97 Å². The Labute approximate surface area is 206 Å². The maximum Gasteiger partial charge on any atom is 0.335 e. The summed E-state index contributed by atoms with van der Waals surface area (Å²) >= 11 is 0. The summed E-state index contributed by atoms with van der Waals surface area (Å²) in [7, 11) is 1.40. The molecule has 0 radical (unpaired) electrons. The molecule has 0 aromatic carbocycles. The van der Waals surface area contributed by atoms with Gasteiger partial charge in [0.1, 0.15) is 6.23 Å². The maximum atomic E-state index is 12.7. The molecule has 0 amide bonds. The molecule has 6 heteroatoms. The van der Waals surface area contributed by atoms with Crippen LogP contribution in [-0.2, 0) is 9.53 Å². The minimum Gasteiger partial charge on any atom is -0.466 e. The predicted molar refractivity (Wildman–Crippen MR) is 137 cm³/mol. The Bertz CT molecular complexity index is 772. The quantitative estimate of drug-likeness (QED) is 0.153. The molecular weight excluding hydrogens is 428 g/mol. The molecule has 0 aromatic rings. The van der Waals surface area contributed by atoms with Crippen molar-refractivity contribution in [1.29, 1.82) is 0 Å². The number of rotatable bonds is 8. The monoisotopic (exact) mass is 474 g/mol. The number of hydrogen-bond donors (Lipinski definition) is 1. The number of nitroso groups, excluding NO2 is 1. The molecule has 0 spiro atoms. The zero-order chi connectivity index (χ0) is 25.5. The van der Waals surface area contributed by atoms with Gasteiger partial charge in [-0.3, -0.25) is 0 Å². The summed E-state index contributed by atoms with van der Waals surface area (Å²) in [6.45, 7) is 12.4. The first kappa shape index (κ1) is 28.4. The van der Waals surface area contributed by atoms with Crippen LogP contribution in [0.4, 0.5) is 0 Å². The first-order valence-electron chi connectivity index (χ1n) is 13.1. The van der Waals surface area contributed by atoms with E-state index in [4.69, 9.17) is 4.74 Å². The Morgan fingerprint density at radius 2 is 1.71 bits per heavy atom. The number of nitrogens with zero attached hydrogens (tertiary/aromatic N) is 2. The van der Waals surface area contributed by atoms with Crippen LogP contribution in [0.3, 0.4) is 0 Å². The van der Waals surface area contributed by atoms with Crippen molar-refractivity contribution >= 4 is 5.97 Å². The van der Waals surface area contributed by atoms with Gasteiger partial charge in [-0.25, -0.2) is 4.79 Å². The smallest absolute Gasteiger partial charge is 0.335 e.